The number of nitrogens with two attached hydrogens (primary N) is 1. The number of aryl methyl sites for hydroxylation is 2. The summed E-state index contributed by atoms with van der Waals surface area (Å²) in [5.74, 6) is 5.20. The van der Waals surface area contributed by atoms with E-state index < -0.39 is 11.9 Å². The predicted molar refractivity (Wildman–Crippen MR) is 73.2 cm³/mol. The molecule has 0 aliphatic heterocycles. The van der Waals surface area contributed by atoms with Gasteiger partial charge in [0, 0.05) is 17.1 Å². The molecule has 1 atom stereocenters. The summed E-state index contributed by atoms with van der Waals surface area (Å²) >= 11 is 6.09. The molecule has 0 radical (unpaired) electrons. The number of nitrogens with one attached hydrogen (secondary N) is 1. The molecular weight excluding hydrogens is 267 g/mol. The normalized spacial score (nSPS) is 12.7. The molecule has 0 saturated heterocycles. The van der Waals surface area contributed by atoms with Crippen molar-refractivity contribution in [1.82, 2.24) is 15.2 Å². The van der Waals surface area contributed by atoms with Crippen LogP contribution in [0, 0.1) is 12.7 Å². The highest BCUT2D eigenvalue weighted by Crippen LogP contribution is 2.30. The molecule has 2 aromatic rings. The molecule has 0 saturated carbocycles. The molecule has 4 nitrogen and oxygen atoms in total. The third kappa shape index (κ3) is 2.63. The Bertz CT molecular complexity index is 562. The predicted octanol–water partition coefficient (Wildman–Crippen LogP) is 2.56. The number of hydrazine groups is 1. The lowest BCUT2D eigenvalue weighted by atomic mass is 10.0. The Morgan fingerprint density at radius 1 is 1.53 bits per heavy atom. The van der Waals surface area contributed by atoms with Gasteiger partial charge in [0.1, 0.15) is 5.82 Å². The SMILES string of the molecule is CCn1nc(C)cc1C(NN)c1c(F)cccc1Cl. The van der Waals surface area contributed by atoms with Crippen LogP contribution in [0.1, 0.15) is 29.9 Å². The monoisotopic (exact) mass is 282 g/mol. The fraction of sp³-hybridized carbons (Fsp3) is 0.308. The fourth-order valence-corrected chi connectivity index (χ4v) is 2.43. The summed E-state index contributed by atoms with van der Waals surface area (Å²) < 4.78 is 15.8. The summed E-state index contributed by atoms with van der Waals surface area (Å²) in [7, 11) is 0. The Balaban J connectivity index is 2.56. The molecule has 1 unspecified atom stereocenters. The lowest BCUT2D eigenvalue weighted by Gasteiger charge is -2.19. The van der Waals surface area contributed by atoms with Crippen molar-refractivity contribution in [3.8, 4) is 0 Å². The molecule has 1 aromatic heterocycles. The van der Waals surface area contributed by atoms with Gasteiger partial charge >= 0.3 is 0 Å². The van der Waals surface area contributed by atoms with E-state index in [1.54, 1.807) is 16.8 Å². The minimum Gasteiger partial charge on any atom is -0.271 e. The van der Waals surface area contributed by atoms with Crippen molar-refractivity contribution in [3.63, 3.8) is 0 Å². The maximum Gasteiger partial charge on any atom is 0.129 e. The van der Waals surface area contributed by atoms with E-state index in [-0.39, 0.29) is 0 Å². The van der Waals surface area contributed by atoms with Crippen molar-refractivity contribution in [2.75, 3.05) is 0 Å². The number of benzene rings is 1. The first-order chi connectivity index (χ1) is 9.08. The minimum atomic E-state index is -0.533. The van der Waals surface area contributed by atoms with Crippen LogP contribution in [0.4, 0.5) is 4.39 Å². The number of hydrogen-bond donors (Lipinski definition) is 2. The van der Waals surface area contributed by atoms with Crippen LogP contribution in [0.5, 0.6) is 0 Å². The molecule has 0 fully saturated rings. The molecular formula is C13H16ClFN4. The molecule has 0 spiro atoms. The largest absolute Gasteiger partial charge is 0.271 e. The number of aromatic nitrogens is 2. The molecule has 0 aliphatic carbocycles. The lowest BCUT2D eigenvalue weighted by Crippen LogP contribution is -2.31. The van der Waals surface area contributed by atoms with Gasteiger partial charge in [-0.25, -0.2) is 9.82 Å². The first-order valence-electron chi connectivity index (χ1n) is 6.02. The standard InChI is InChI=1S/C13H16ClFN4/c1-3-19-11(7-8(2)18-19)13(17-16)12-9(14)5-4-6-10(12)15/h4-7,13,17H,3,16H2,1-2H3. The van der Waals surface area contributed by atoms with Gasteiger partial charge in [0.05, 0.1) is 17.4 Å². The smallest absolute Gasteiger partial charge is 0.129 e. The zero-order valence-electron chi connectivity index (χ0n) is 10.8. The van der Waals surface area contributed by atoms with Gasteiger partial charge in [0.2, 0.25) is 0 Å². The third-order valence-electron chi connectivity index (χ3n) is 2.98. The molecule has 0 amide bonds. The maximum absolute atomic E-state index is 14.0. The highest BCUT2D eigenvalue weighted by Gasteiger charge is 2.23. The second-order valence-electron chi connectivity index (χ2n) is 4.26. The van der Waals surface area contributed by atoms with E-state index in [1.165, 1.54) is 6.07 Å². The number of halogens is 2. The average Bonchev–Trinajstić information content (AvgIpc) is 2.75. The number of rotatable bonds is 4. The van der Waals surface area contributed by atoms with E-state index in [4.69, 9.17) is 17.4 Å². The van der Waals surface area contributed by atoms with Gasteiger partial charge in [-0.2, -0.15) is 5.10 Å². The van der Waals surface area contributed by atoms with Gasteiger partial charge in [0.25, 0.3) is 0 Å². The first-order valence-corrected chi connectivity index (χ1v) is 6.40. The van der Waals surface area contributed by atoms with Gasteiger partial charge in [-0.1, -0.05) is 17.7 Å². The van der Waals surface area contributed by atoms with Crippen LogP contribution < -0.4 is 11.3 Å². The quantitative estimate of drug-likeness (QED) is 0.669. The molecule has 102 valence electrons. The van der Waals surface area contributed by atoms with Crippen molar-refractivity contribution in [2.45, 2.75) is 26.4 Å². The van der Waals surface area contributed by atoms with Gasteiger partial charge in [-0.05, 0) is 32.0 Å². The second kappa shape index (κ2) is 5.69. The van der Waals surface area contributed by atoms with Crippen LogP contribution >= 0.6 is 11.6 Å². The molecule has 6 heteroatoms. The molecule has 0 aliphatic rings. The Hall–Kier alpha value is -1.43. The second-order valence-corrected chi connectivity index (χ2v) is 4.67. The van der Waals surface area contributed by atoms with Crippen molar-refractivity contribution in [3.05, 3.63) is 52.1 Å². The van der Waals surface area contributed by atoms with Crippen LogP contribution in [0.2, 0.25) is 5.02 Å². The topological polar surface area (TPSA) is 55.9 Å². The Morgan fingerprint density at radius 3 is 2.84 bits per heavy atom. The van der Waals surface area contributed by atoms with Crippen molar-refractivity contribution < 1.29 is 4.39 Å². The molecule has 1 heterocycles. The molecule has 19 heavy (non-hydrogen) atoms. The minimum absolute atomic E-state index is 0.335. The average molecular weight is 283 g/mol. The first kappa shape index (κ1) is 14.0. The van der Waals surface area contributed by atoms with Crippen LogP contribution in [0.25, 0.3) is 0 Å². The highest BCUT2D eigenvalue weighted by molar-refractivity contribution is 6.31. The third-order valence-corrected chi connectivity index (χ3v) is 3.31. The van der Waals surface area contributed by atoms with E-state index in [1.807, 2.05) is 19.9 Å². The zero-order valence-corrected chi connectivity index (χ0v) is 11.6. The van der Waals surface area contributed by atoms with E-state index in [2.05, 4.69) is 10.5 Å². The molecule has 0 bridgehead atoms. The van der Waals surface area contributed by atoms with E-state index >= 15 is 0 Å². The maximum atomic E-state index is 14.0. The van der Waals surface area contributed by atoms with Gasteiger partial charge in [-0.15, -0.1) is 0 Å². The van der Waals surface area contributed by atoms with Crippen molar-refractivity contribution in [2.24, 2.45) is 5.84 Å². The highest BCUT2D eigenvalue weighted by atomic mass is 35.5. The van der Waals surface area contributed by atoms with Crippen molar-refractivity contribution >= 4 is 11.6 Å². The van der Waals surface area contributed by atoms with Crippen LogP contribution in [-0.2, 0) is 6.54 Å². The molecule has 2 rings (SSSR count). The van der Waals surface area contributed by atoms with Crippen molar-refractivity contribution in [1.29, 1.82) is 0 Å². The summed E-state index contributed by atoms with van der Waals surface area (Å²) in [5.41, 5.74) is 4.59. The van der Waals surface area contributed by atoms with Crippen LogP contribution in [0.15, 0.2) is 24.3 Å². The van der Waals surface area contributed by atoms with Gasteiger partial charge < -0.3 is 0 Å². The van der Waals surface area contributed by atoms with Crippen LogP contribution in [0.3, 0.4) is 0 Å². The van der Waals surface area contributed by atoms with E-state index in [0.717, 1.165) is 11.4 Å². The summed E-state index contributed by atoms with van der Waals surface area (Å²) in [6.45, 7) is 4.52. The fourth-order valence-electron chi connectivity index (χ4n) is 2.15. The summed E-state index contributed by atoms with van der Waals surface area (Å²) in [4.78, 5) is 0. The summed E-state index contributed by atoms with van der Waals surface area (Å²) in [6.07, 6.45) is 0. The van der Waals surface area contributed by atoms with Gasteiger partial charge in [-0.3, -0.25) is 10.5 Å². The summed E-state index contributed by atoms with van der Waals surface area (Å²) in [6, 6.07) is 5.91. The Kier molecular flexibility index (Phi) is 4.19. The lowest BCUT2D eigenvalue weighted by molar-refractivity contribution is 0.515. The van der Waals surface area contributed by atoms with E-state index in [0.29, 0.717) is 17.1 Å². The Labute approximate surface area is 116 Å². The summed E-state index contributed by atoms with van der Waals surface area (Å²) in [5, 5.41) is 4.68. The molecule has 3 N–H and O–H groups in total. The Morgan fingerprint density at radius 2 is 2.26 bits per heavy atom. The van der Waals surface area contributed by atoms with Crippen LogP contribution in [-0.4, -0.2) is 9.78 Å². The number of nitrogens with zero attached hydrogens (tertiary/aromatic N) is 2. The molecule has 1 aromatic carbocycles. The zero-order chi connectivity index (χ0) is 14.0. The van der Waals surface area contributed by atoms with Gasteiger partial charge in [0.15, 0.2) is 0 Å². The van der Waals surface area contributed by atoms with E-state index in [9.17, 15) is 4.39 Å². The number of hydrogen-bond acceptors (Lipinski definition) is 3.